The van der Waals surface area contributed by atoms with Crippen molar-refractivity contribution in [3.05, 3.63) is 35.6 Å². The Morgan fingerprint density at radius 3 is 2.68 bits per heavy atom. The number of benzene rings is 1. The molecule has 3 amide bonds. The monoisotopic (exact) mass is 307 g/mol. The third-order valence-electron chi connectivity index (χ3n) is 4.00. The molecule has 1 aliphatic heterocycles. The Hall–Kier alpha value is -1.95. The molecule has 1 aromatic carbocycles. The number of nitrogens with zero attached hydrogens (tertiary/aromatic N) is 1. The predicted molar refractivity (Wildman–Crippen MR) is 81.8 cm³/mol. The molecule has 0 spiro atoms. The summed E-state index contributed by atoms with van der Waals surface area (Å²) < 4.78 is 13.1. The van der Waals surface area contributed by atoms with Crippen molar-refractivity contribution in [1.29, 1.82) is 0 Å². The van der Waals surface area contributed by atoms with Gasteiger partial charge in [0.2, 0.25) is 5.91 Å². The molecule has 120 valence electrons. The van der Waals surface area contributed by atoms with Gasteiger partial charge in [0.25, 0.3) is 0 Å². The summed E-state index contributed by atoms with van der Waals surface area (Å²) in [5.41, 5.74) is 0.997. The third kappa shape index (κ3) is 3.82. The fourth-order valence-electron chi connectivity index (χ4n) is 2.87. The molecule has 6 heteroatoms. The highest BCUT2D eigenvalue weighted by atomic mass is 19.1. The topological polar surface area (TPSA) is 61.4 Å². The molecule has 0 aromatic heterocycles. The van der Waals surface area contributed by atoms with Gasteiger partial charge in [0.05, 0.1) is 6.04 Å². The van der Waals surface area contributed by atoms with Crippen LogP contribution in [0.2, 0.25) is 0 Å². The van der Waals surface area contributed by atoms with Crippen LogP contribution in [0.3, 0.4) is 0 Å². The zero-order chi connectivity index (χ0) is 16.1. The van der Waals surface area contributed by atoms with Gasteiger partial charge >= 0.3 is 6.03 Å². The van der Waals surface area contributed by atoms with Crippen molar-refractivity contribution in [2.45, 2.75) is 38.8 Å². The number of halogens is 1. The van der Waals surface area contributed by atoms with E-state index in [1.807, 2.05) is 0 Å². The average molecular weight is 307 g/mol. The van der Waals surface area contributed by atoms with E-state index in [1.165, 1.54) is 12.1 Å². The van der Waals surface area contributed by atoms with E-state index in [4.69, 9.17) is 0 Å². The van der Waals surface area contributed by atoms with Crippen molar-refractivity contribution in [2.24, 2.45) is 0 Å². The molecule has 5 nitrogen and oxygen atoms in total. The molecule has 0 radical (unpaired) electrons. The van der Waals surface area contributed by atoms with Crippen molar-refractivity contribution < 1.29 is 14.0 Å². The van der Waals surface area contributed by atoms with Gasteiger partial charge in [-0.25, -0.2) is 9.18 Å². The van der Waals surface area contributed by atoms with Gasteiger partial charge in [0.1, 0.15) is 5.82 Å². The van der Waals surface area contributed by atoms with Gasteiger partial charge in [-0.15, -0.1) is 0 Å². The molecule has 2 N–H and O–H groups in total. The lowest BCUT2D eigenvalue weighted by Gasteiger charge is -2.29. The summed E-state index contributed by atoms with van der Waals surface area (Å²) in [5.74, 6) is -0.588. The first-order valence-electron chi connectivity index (χ1n) is 7.62. The molecule has 1 fully saturated rings. The summed E-state index contributed by atoms with van der Waals surface area (Å²) in [6.07, 6.45) is 1.89. The van der Waals surface area contributed by atoms with Crippen molar-refractivity contribution >= 4 is 11.9 Å². The minimum Gasteiger partial charge on any atom is -0.338 e. The molecule has 2 atom stereocenters. The first-order valence-corrected chi connectivity index (χ1v) is 7.62. The van der Waals surface area contributed by atoms with E-state index in [9.17, 15) is 14.0 Å². The second kappa shape index (κ2) is 7.35. The van der Waals surface area contributed by atoms with E-state index < -0.39 is 12.1 Å². The van der Waals surface area contributed by atoms with Crippen LogP contribution in [-0.4, -0.2) is 36.0 Å². The van der Waals surface area contributed by atoms with Crippen LogP contribution >= 0.6 is 0 Å². The minimum atomic E-state index is -0.475. The van der Waals surface area contributed by atoms with Crippen LogP contribution in [0.5, 0.6) is 0 Å². The number of amides is 3. The second-order valence-electron chi connectivity index (χ2n) is 5.47. The summed E-state index contributed by atoms with van der Waals surface area (Å²) in [7, 11) is 0. The van der Waals surface area contributed by atoms with Crippen LogP contribution in [0.1, 0.15) is 38.3 Å². The van der Waals surface area contributed by atoms with Gasteiger partial charge in [-0.05, 0) is 50.9 Å². The molecule has 2 rings (SSSR count). The van der Waals surface area contributed by atoms with Crippen LogP contribution in [0, 0.1) is 5.82 Å². The molecule has 1 aromatic rings. The Kier molecular flexibility index (Phi) is 5.49. The highest BCUT2D eigenvalue weighted by molar-refractivity contribution is 5.96. The SMILES string of the molecule is CCNC(=O)NC(=O)C(C)N1CCCC1c1ccc(F)cc1. The largest absolute Gasteiger partial charge is 0.338 e. The number of likely N-dealkylation sites (tertiary alicyclic amines) is 1. The van der Waals surface area contributed by atoms with Crippen LogP contribution in [0.4, 0.5) is 9.18 Å². The van der Waals surface area contributed by atoms with Crippen molar-refractivity contribution in [3.63, 3.8) is 0 Å². The maximum absolute atomic E-state index is 13.1. The predicted octanol–water partition coefficient (Wildman–Crippen LogP) is 2.20. The van der Waals surface area contributed by atoms with Gasteiger partial charge < -0.3 is 5.32 Å². The third-order valence-corrected chi connectivity index (χ3v) is 4.00. The molecule has 2 unspecified atom stereocenters. The van der Waals surface area contributed by atoms with Gasteiger partial charge in [-0.1, -0.05) is 12.1 Å². The maximum Gasteiger partial charge on any atom is 0.321 e. The number of nitrogens with one attached hydrogen (secondary N) is 2. The first-order chi connectivity index (χ1) is 10.5. The summed E-state index contributed by atoms with van der Waals surface area (Å²) >= 11 is 0. The van der Waals surface area contributed by atoms with Crippen LogP contribution in [-0.2, 0) is 4.79 Å². The minimum absolute atomic E-state index is 0.0792. The van der Waals surface area contributed by atoms with Crippen molar-refractivity contribution in [3.8, 4) is 0 Å². The Morgan fingerprint density at radius 2 is 2.05 bits per heavy atom. The molecular formula is C16H22FN3O2. The molecule has 0 saturated carbocycles. The molecule has 0 aliphatic carbocycles. The summed E-state index contributed by atoms with van der Waals surface area (Å²) in [5, 5.41) is 4.89. The lowest BCUT2D eigenvalue weighted by Crippen LogP contribution is -2.49. The second-order valence-corrected chi connectivity index (χ2v) is 5.47. The van der Waals surface area contributed by atoms with Crippen LogP contribution in [0.15, 0.2) is 24.3 Å². The van der Waals surface area contributed by atoms with E-state index in [0.717, 1.165) is 24.9 Å². The summed E-state index contributed by atoms with van der Waals surface area (Å²) in [4.78, 5) is 25.7. The van der Waals surface area contributed by atoms with E-state index in [-0.39, 0.29) is 17.8 Å². The molecular weight excluding hydrogens is 285 g/mol. The average Bonchev–Trinajstić information content (AvgIpc) is 2.96. The first kappa shape index (κ1) is 16.4. The molecule has 1 heterocycles. The van der Waals surface area contributed by atoms with Crippen molar-refractivity contribution in [1.82, 2.24) is 15.5 Å². The van der Waals surface area contributed by atoms with Crippen LogP contribution in [0.25, 0.3) is 0 Å². The lowest BCUT2D eigenvalue weighted by molar-refractivity contribution is -0.125. The number of urea groups is 1. The smallest absolute Gasteiger partial charge is 0.321 e. The standard InChI is InChI=1S/C16H22FN3O2/c1-3-18-16(22)19-15(21)11(2)20-10-4-5-14(20)12-6-8-13(17)9-7-12/h6-9,11,14H,3-5,10H2,1-2H3,(H2,18,19,21,22). The quantitative estimate of drug-likeness (QED) is 0.896. The van der Waals surface area contributed by atoms with Gasteiger partial charge in [0, 0.05) is 12.6 Å². The lowest BCUT2D eigenvalue weighted by atomic mass is 10.0. The Bertz CT molecular complexity index is 533. The van der Waals surface area contributed by atoms with E-state index in [0.29, 0.717) is 6.54 Å². The molecule has 1 saturated heterocycles. The highest BCUT2D eigenvalue weighted by Crippen LogP contribution is 2.33. The Balaban J connectivity index is 2.04. The summed E-state index contributed by atoms with van der Waals surface area (Å²) in [6, 6.07) is 5.57. The number of hydrogen-bond acceptors (Lipinski definition) is 3. The molecule has 22 heavy (non-hydrogen) atoms. The zero-order valence-corrected chi connectivity index (χ0v) is 12.9. The van der Waals surface area contributed by atoms with E-state index in [1.54, 1.807) is 26.0 Å². The Morgan fingerprint density at radius 1 is 1.36 bits per heavy atom. The van der Waals surface area contributed by atoms with E-state index >= 15 is 0 Å². The maximum atomic E-state index is 13.1. The molecule has 0 bridgehead atoms. The van der Waals surface area contributed by atoms with Gasteiger partial charge in [0.15, 0.2) is 0 Å². The number of rotatable bonds is 4. The highest BCUT2D eigenvalue weighted by Gasteiger charge is 2.33. The fraction of sp³-hybridized carbons (Fsp3) is 0.500. The number of carbonyl (C=O) groups is 2. The van der Waals surface area contributed by atoms with Gasteiger partial charge in [-0.2, -0.15) is 0 Å². The van der Waals surface area contributed by atoms with Crippen molar-refractivity contribution in [2.75, 3.05) is 13.1 Å². The fourth-order valence-corrected chi connectivity index (χ4v) is 2.87. The zero-order valence-electron chi connectivity index (χ0n) is 12.9. The number of imide groups is 1. The Labute approximate surface area is 129 Å². The normalized spacial score (nSPS) is 19.7. The number of carbonyl (C=O) groups excluding carboxylic acids is 2. The van der Waals surface area contributed by atoms with Crippen LogP contribution < -0.4 is 10.6 Å². The molecule has 1 aliphatic rings. The summed E-state index contributed by atoms with van der Waals surface area (Å²) in [6.45, 7) is 4.83. The number of hydrogen-bond donors (Lipinski definition) is 2. The van der Waals surface area contributed by atoms with Gasteiger partial charge in [-0.3, -0.25) is 15.0 Å². The van der Waals surface area contributed by atoms with E-state index in [2.05, 4.69) is 15.5 Å².